The van der Waals surface area contributed by atoms with Gasteiger partial charge in [-0.1, -0.05) is 6.07 Å². The van der Waals surface area contributed by atoms with Crippen molar-refractivity contribution in [2.24, 2.45) is 0 Å². The summed E-state index contributed by atoms with van der Waals surface area (Å²) in [4.78, 5) is 16.7. The largest absolute Gasteiger partial charge is 0.504 e. The molecule has 6 rings (SSSR count). The summed E-state index contributed by atoms with van der Waals surface area (Å²) in [5.74, 6) is 2.01. The molecular weight excluding hydrogens is 484 g/mol. The van der Waals surface area contributed by atoms with Crippen LogP contribution in [0.1, 0.15) is 58.0 Å². The zero-order valence-electron chi connectivity index (χ0n) is 22.7. The van der Waals surface area contributed by atoms with Crippen molar-refractivity contribution in [2.45, 2.75) is 70.7 Å². The van der Waals surface area contributed by atoms with Gasteiger partial charge in [0.2, 0.25) is 12.7 Å². The number of nitrogens with zero attached hydrogens (tertiary/aromatic N) is 3. The molecule has 2 aromatic rings. The van der Waals surface area contributed by atoms with Crippen LogP contribution >= 0.6 is 0 Å². The molecule has 0 aliphatic carbocycles. The molecule has 1 amide bonds. The number of carbonyl (C=O) groups excluding carboxylic acids is 1. The van der Waals surface area contributed by atoms with Crippen molar-refractivity contribution in [1.29, 1.82) is 5.26 Å². The Hall–Kier alpha value is -3.48. The van der Waals surface area contributed by atoms with Gasteiger partial charge in [0.1, 0.15) is 6.04 Å². The summed E-state index contributed by atoms with van der Waals surface area (Å²) < 4.78 is 17.5. The molecule has 1 saturated heterocycles. The predicted molar refractivity (Wildman–Crippen MR) is 140 cm³/mol. The summed E-state index contributed by atoms with van der Waals surface area (Å²) >= 11 is 0. The fraction of sp³-hybridized carbons (Fsp3) is 0.517. The quantitative estimate of drug-likeness (QED) is 0.639. The Bertz CT molecular complexity index is 1400. The Labute approximate surface area is 222 Å². The number of phenolic OH excluding ortho intramolecular Hbond substituents is 1. The van der Waals surface area contributed by atoms with Gasteiger partial charge in [-0.15, -0.1) is 0 Å². The second kappa shape index (κ2) is 8.79. The molecule has 9 heteroatoms. The first-order chi connectivity index (χ1) is 18.2. The molecule has 0 spiro atoms. The minimum absolute atomic E-state index is 0.0842. The van der Waals surface area contributed by atoms with Gasteiger partial charge in [-0.05, 0) is 68.5 Å². The van der Waals surface area contributed by atoms with Crippen molar-refractivity contribution in [3.8, 4) is 29.1 Å². The number of hydrogen-bond acceptors (Lipinski definition) is 8. The standard InChI is InChI=1S/C29H34N4O5/c1-13-7-17-8-19-21(10-30)33-20(25(32(19)5)23(17)26(35)27(13)36-6)9-18-14(2)15(3)28-29(38-12-37-28)24(18)22(33)11-31-16(4)34/h7,19-22,25,35H,8-9,11-12H2,1-6H3,(H,31,34)/t19-,20?,21-,22-,25-/m0/s1. The smallest absolute Gasteiger partial charge is 0.231 e. The number of piperazine rings is 1. The van der Waals surface area contributed by atoms with Crippen molar-refractivity contribution in [3.05, 3.63) is 45.0 Å². The van der Waals surface area contributed by atoms with E-state index in [4.69, 9.17) is 14.2 Å². The normalized spacial score (nSPS) is 27.1. The first-order valence-electron chi connectivity index (χ1n) is 13.1. The highest BCUT2D eigenvalue weighted by molar-refractivity contribution is 5.73. The number of fused-ring (bicyclic) bond motifs is 9. The minimum atomic E-state index is -0.426. The van der Waals surface area contributed by atoms with Gasteiger partial charge >= 0.3 is 0 Å². The molecule has 200 valence electrons. The number of likely N-dealkylation sites (N-methyl/N-ethyl adjacent to an activating group) is 1. The van der Waals surface area contributed by atoms with Crippen LogP contribution in [0.25, 0.3) is 0 Å². The maximum Gasteiger partial charge on any atom is 0.231 e. The first-order valence-corrected chi connectivity index (χ1v) is 13.1. The lowest BCUT2D eigenvalue weighted by Crippen LogP contribution is -2.68. The van der Waals surface area contributed by atoms with Gasteiger partial charge in [0.25, 0.3) is 0 Å². The third-order valence-corrected chi connectivity index (χ3v) is 9.21. The van der Waals surface area contributed by atoms with E-state index in [1.165, 1.54) is 6.92 Å². The Morgan fingerprint density at radius 3 is 2.61 bits per heavy atom. The third-order valence-electron chi connectivity index (χ3n) is 9.21. The SMILES string of the molecule is COc1c(C)cc2c(c1O)[C@@H]1C3Cc4c(C)c(C)c5c(c4[C@H](CNC(C)=O)N3[C@@H](C#N)[C@H](C2)N1C)OCO5. The van der Waals surface area contributed by atoms with Crippen LogP contribution in [0.4, 0.5) is 0 Å². The lowest BCUT2D eigenvalue weighted by Gasteiger charge is -2.60. The van der Waals surface area contributed by atoms with E-state index in [1.54, 1.807) is 7.11 Å². The summed E-state index contributed by atoms with van der Waals surface area (Å²) in [5.41, 5.74) is 7.17. The van der Waals surface area contributed by atoms with E-state index >= 15 is 0 Å². The Morgan fingerprint density at radius 2 is 1.92 bits per heavy atom. The molecular formula is C29H34N4O5. The second-order valence-electron chi connectivity index (χ2n) is 11.0. The van der Waals surface area contributed by atoms with Gasteiger partial charge in [0.15, 0.2) is 23.0 Å². The summed E-state index contributed by atoms with van der Waals surface area (Å²) in [6, 6.07) is 3.64. The maximum absolute atomic E-state index is 12.1. The Kier molecular flexibility index (Phi) is 5.74. The number of ether oxygens (including phenoxy) is 3. The highest BCUT2D eigenvalue weighted by Crippen LogP contribution is 2.56. The molecule has 1 fully saturated rings. The van der Waals surface area contributed by atoms with E-state index in [1.807, 2.05) is 6.92 Å². The predicted octanol–water partition coefficient (Wildman–Crippen LogP) is 2.96. The van der Waals surface area contributed by atoms with E-state index in [-0.39, 0.29) is 42.6 Å². The number of nitrogens with one attached hydrogen (secondary N) is 1. The van der Waals surface area contributed by atoms with Crippen molar-refractivity contribution < 1.29 is 24.1 Å². The number of carbonyl (C=O) groups is 1. The van der Waals surface area contributed by atoms with Gasteiger partial charge in [-0.2, -0.15) is 5.26 Å². The highest BCUT2D eigenvalue weighted by atomic mass is 16.7. The van der Waals surface area contributed by atoms with Crippen LogP contribution in [0.5, 0.6) is 23.0 Å². The third kappa shape index (κ3) is 3.26. The number of aryl methyl sites for hydroxylation is 1. The van der Waals surface area contributed by atoms with Crippen molar-refractivity contribution in [1.82, 2.24) is 15.1 Å². The molecule has 4 heterocycles. The zero-order valence-corrected chi connectivity index (χ0v) is 22.7. The van der Waals surface area contributed by atoms with E-state index < -0.39 is 6.04 Å². The molecule has 0 aromatic heterocycles. The molecule has 9 nitrogen and oxygen atoms in total. The van der Waals surface area contributed by atoms with Gasteiger partial charge in [-0.25, -0.2) is 0 Å². The highest BCUT2D eigenvalue weighted by Gasteiger charge is 2.56. The topological polar surface area (TPSA) is 107 Å². The fourth-order valence-electron chi connectivity index (χ4n) is 7.48. The Morgan fingerprint density at radius 1 is 1.18 bits per heavy atom. The molecule has 2 N–H and O–H groups in total. The number of rotatable bonds is 3. The van der Waals surface area contributed by atoms with Gasteiger partial charge in [0.05, 0.1) is 25.3 Å². The molecule has 2 bridgehead atoms. The average Bonchev–Trinajstić information content (AvgIpc) is 3.36. The number of nitriles is 1. The molecule has 4 aliphatic rings. The summed E-state index contributed by atoms with van der Waals surface area (Å²) in [6.07, 6.45) is 1.30. The van der Waals surface area contributed by atoms with Crippen LogP contribution in [0.3, 0.4) is 0 Å². The average molecular weight is 519 g/mol. The Balaban J connectivity index is 1.60. The monoisotopic (exact) mass is 518 g/mol. The number of phenols is 1. The van der Waals surface area contributed by atoms with E-state index in [9.17, 15) is 15.2 Å². The van der Waals surface area contributed by atoms with Gasteiger partial charge in [0, 0.05) is 36.7 Å². The van der Waals surface area contributed by atoms with E-state index in [0.717, 1.165) is 50.4 Å². The number of hydrogen-bond donors (Lipinski definition) is 2. The van der Waals surface area contributed by atoms with Gasteiger partial charge in [-0.3, -0.25) is 14.6 Å². The lowest BCUT2D eigenvalue weighted by molar-refractivity contribution is -0.120. The number of amides is 1. The molecule has 2 aromatic carbocycles. The van der Waals surface area contributed by atoms with Gasteiger partial charge < -0.3 is 24.6 Å². The summed E-state index contributed by atoms with van der Waals surface area (Å²) in [6.45, 7) is 8.10. The van der Waals surface area contributed by atoms with Crippen LogP contribution in [0, 0.1) is 32.1 Å². The molecule has 38 heavy (non-hydrogen) atoms. The zero-order chi connectivity index (χ0) is 27.0. The molecule has 0 saturated carbocycles. The maximum atomic E-state index is 12.1. The van der Waals surface area contributed by atoms with Crippen LogP contribution in [-0.2, 0) is 17.6 Å². The fourth-order valence-corrected chi connectivity index (χ4v) is 7.48. The van der Waals surface area contributed by atoms with Crippen LogP contribution in [0.2, 0.25) is 0 Å². The molecule has 4 aliphatic heterocycles. The first kappa shape index (κ1) is 24.8. The van der Waals surface area contributed by atoms with Crippen LogP contribution in [0.15, 0.2) is 6.07 Å². The molecule has 1 unspecified atom stereocenters. The molecule has 5 atom stereocenters. The summed E-state index contributed by atoms with van der Waals surface area (Å²) in [7, 11) is 3.64. The van der Waals surface area contributed by atoms with Crippen molar-refractivity contribution >= 4 is 5.91 Å². The number of benzene rings is 2. The second-order valence-corrected chi connectivity index (χ2v) is 11.0. The van der Waals surface area contributed by atoms with Crippen molar-refractivity contribution in [2.75, 3.05) is 27.5 Å². The lowest BCUT2D eigenvalue weighted by atomic mass is 9.71. The minimum Gasteiger partial charge on any atom is -0.504 e. The molecule has 0 radical (unpaired) electrons. The van der Waals surface area contributed by atoms with Crippen molar-refractivity contribution in [3.63, 3.8) is 0 Å². The van der Waals surface area contributed by atoms with Crippen LogP contribution < -0.4 is 19.5 Å². The van der Waals surface area contributed by atoms with Crippen LogP contribution in [-0.4, -0.2) is 66.4 Å². The van der Waals surface area contributed by atoms with E-state index in [2.05, 4.69) is 48.1 Å². The number of methoxy groups -OCH3 is 1. The van der Waals surface area contributed by atoms with E-state index in [0.29, 0.717) is 25.1 Å². The summed E-state index contributed by atoms with van der Waals surface area (Å²) in [5, 5.41) is 25.1. The number of aromatic hydroxyl groups is 1.